The lowest BCUT2D eigenvalue weighted by Crippen LogP contribution is -2.02. The minimum Gasteiger partial charge on any atom is -0.394 e. The first-order valence-electron chi connectivity index (χ1n) is 6.09. The van der Waals surface area contributed by atoms with Gasteiger partial charge in [-0.1, -0.05) is 11.3 Å². The van der Waals surface area contributed by atoms with Gasteiger partial charge in [0.15, 0.2) is 0 Å². The molecule has 0 saturated heterocycles. The van der Waals surface area contributed by atoms with E-state index in [9.17, 15) is 10.1 Å². The zero-order chi connectivity index (χ0) is 14.5. The highest BCUT2D eigenvalue weighted by Crippen LogP contribution is 2.22. The molecule has 0 aliphatic carbocycles. The van der Waals surface area contributed by atoms with Gasteiger partial charge in [0, 0.05) is 17.3 Å². The van der Waals surface area contributed by atoms with E-state index >= 15 is 0 Å². The van der Waals surface area contributed by atoms with Crippen LogP contribution in [-0.4, -0.2) is 31.6 Å². The van der Waals surface area contributed by atoms with Gasteiger partial charge < -0.3 is 10.4 Å². The SMILES string of the molecule is Cc1ccc(NCc2cn(CCO)nn2)cc1[N+](=O)[O-]. The number of aryl methyl sites for hydroxylation is 1. The normalized spacial score (nSPS) is 10.5. The number of nitro groups is 1. The third-order valence-electron chi connectivity index (χ3n) is 2.79. The van der Waals surface area contributed by atoms with Crippen molar-refractivity contribution >= 4 is 11.4 Å². The van der Waals surface area contributed by atoms with Crippen LogP contribution in [0.25, 0.3) is 0 Å². The number of aliphatic hydroxyl groups excluding tert-OH is 1. The molecule has 0 atom stereocenters. The second kappa shape index (κ2) is 6.11. The van der Waals surface area contributed by atoms with E-state index in [0.29, 0.717) is 30.0 Å². The van der Waals surface area contributed by atoms with Crippen LogP contribution in [0.15, 0.2) is 24.4 Å². The van der Waals surface area contributed by atoms with Crippen molar-refractivity contribution in [2.45, 2.75) is 20.0 Å². The topological polar surface area (TPSA) is 106 Å². The highest BCUT2D eigenvalue weighted by atomic mass is 16.6. The first kappa shape index (κ1) is 13.9. The quantitative estimate of drug-likeness (QED) is 0.605. The van der Waals surface area contributed by atoms with Crippen LogP contribution in [0.2, 0.25) is 0 Å². The standard InChI is InChI=1S/C12H15N5O3/c1-9-2-3-10(6-12(9)17(19)20)13-7-11-8-16(4-5-18)15-14-11/h2-3,6,8,13,18H,4-5,7H2,1H3. The summed E-state index contributed by atoms with van der Waals surface area (Å²) < 4.78 is 1.54. The van der Waals surface area contributed by atoms with Gasteiger partial charge in [0.1, 0.15) is 5.69 Å². The summed E-state index contributed by atoms with van der Waals surface area (Å²) in [5.74, 6) is 0. The fourth-order valence-electron chi connectivity index (χ4n) is 1.74. The summed E-state index contributed by atoms with van der Waals surface area (Å²) in [4.78, 5) is 10.4. The molecule has 2 aromatic rings. The van der Waals surface area contributed by atoms with Crippen molar-refractivity contribution in [1.29, 1.82) is 0 Å². The third-order valence-corrected chi connectivity index (χ3v) is 2.79. The van der Waals surface area contributed by atoms with Gasteiger partial charge in [-0.15, -0.1) is 5.10 Å². The maximum atomic E-state index is 10.9. The van der Waals surface area contributed by atoms with Gasteiger partial charge in [-0.05, 0) is 13.0 Å². The van der Waals surface area contributed by atoms with E-state index in [1.54, 1.807) is 25.3 Å². The molecule has 8 nitrogen and oxygen atoms in total. The zero-order valence-electron chi connectivity index (χ0n) is 11.0. The largest absolute Gasteiger partial charge is 0.394 e. The van der Waals surface area contributed by atoms with Crippen LogP contribution in [0.3, 0.4) is 0 Å². The monoisotopic (exact) mass is 277 g/mol. The molecule has 2 rings (SSSR count). The van der Waals surface area contributed by atoms with E-state index in [2.05, 4.69) is 15.6 Å². The molecule has 0 spiro atoms. The van der Waals surface area contributed by atoms with Gasteiger partial charge in [0.25, 0.3) is 5.69 Å². The van der Waals surface area contributed by atoms with Gasteiger partial charge in [0.05, 0.1) is 30.8 Å². The molecule has 20 heavy (non-hydrogen) atoms. The summed E-state index contributed by atoms with van der Waals surface area (Å²) in [5.41, 5.74) is 2.05. The molecule has 1 heterocycles. The highest BCUT2D eigenvalue weighted by molar-refractivity contribution is 5.54. The molecule has 1 aromatic carbocycles. The van der Waals surface area contributed by atoms with Crippen LogP contribution >= 0.6 is 0 Å². The number of nitro benzene ring substituents is 1. The number of aromatic nitrogens is 3. The van der Waals surface area contributed by atoms with Gasteiger partial charge in [-0.25, -0.2) is 4.68 Å². The van der Waals surface area contributed by atoms with Crippen LogP contribution in [0.5, 0.6) is 0 Å². The molecule has 1 aromatic heterocycles. The molecule has 0 fully saturated rings. The lowest BCUT2D eigenvalue weighted by Gasteiger charge is -2.05. The number of rotatable bonds is 6. The predicted octanol–water partition coefficient (Wildman–Crippen LogP) is 1.10. The molecule has 0 saturated carbocycles. The molecular weight excluding hydrogens is 262 g/mol. The molecule has 0 bridgehead atoms. The number of nitrogens with one attached hydrogen (secondary N) is 1. The summed E-state index contributed by atoms with van der Waals surface area (Å²) in [7, 11) is 0. The van der Waals surface area contributed by atoms with Crippen LogP contribution in [0, 0.1) is 17.0 Å². The average molecular weight is 277 g/mol. The van der Waals surface area contributed by atoms with Crippen molar-refractivity contribution in [3.8, 4) is 0 Å². The van der Waals surface area contributed by atoms with E-state index in [1.165, 1.54) is 10.7 Å². The molecule has 0 unspecified atom stereocenters. The van der Waals surface area contributed by atoms with Crippen LogP contribution in [0.4, 0.5) is 11.4 Å². The van der Waals surface area contributed by atoms with E-state index < -0.39 is 4.92 Å². The molecule has 8 heteroatoms. The molecular formula is C12H15N5O3. The maximum Gasteiger partial charge on any atom is 0.274 e. The Labute approximate surface area is 115 Å². The van der Waals surface area contributed by atoms with Crippen molar-refractivity contribution in [3.63, 3.8) is 0 Å². The first-order valence-corrected chi connectivity index (χ1v) is 6.09. The van der Waals surface area contributed by atoms with E-state index in [4.69, 9.17) is 5.11 Å². The molecule has 0 radical (unpaired) electrons. The molecule has 0 aliphatic rings. The third kappa shape index (κ3) is 3.29. The molecule has 0 amide bonds. The number of hydrogen-bond acceptors (Lipinski definition) is 6. The number of benzene rings is 1. The van der Waals surface area contributed by atoms with Gasteiger partial charge >= 0.3 is 0 Å². The van der Waals surface area contributed by atoms with Crippen LogP contribution in [-0.2, 0) is 13.1 Å². The van der Waals surface area contributed by atoms with Crippen molar-refractivity contribution in [2.75, 3.05) is 11.9 Å². The summed E-state index contributed by atoms with van der Waals surface area (Å²) in [6.45, 7) is 2.50. The summed E-state index contributed by atoms with van der Waals surface area (Å²) in [6, 6.07) is 4.97. The summed E-state index contributed by atoms with van der Waals surface area (Å²) in [5, 5.41) is 30.5. The van der Waals surface area contributed by atoms with Crippen molar-refractivity contribution in [2.24, 2.45) is 0 Å². The van der Waals surface area contributed by atoms with Gasteiger partial charge in [-0.2, -0.15) is 0 Å². The number of hydrogen-bond donors (Lipinski definition) is 2. The van der Waals surface area contributed by atoms with Crippen molar-refractivity contribution in [3.05, 3.63) is 45.8 Å². The van der Waals surface area contributed by atoms with Crippen LogP contribution < -0.4 is 5.32 Å². The van der Waals surface area contributed by atoms with E-state index in [0.717, 1.165) is 0 Å². The van der Waals surface area contributed by atoms with Crippen molar-refractivity contribution in [1.82, 2.24) is 15.0 Å². The summed E-state index contributed by atoms with van der Waals surface area (Å²) >= 11 is 0. The van der Waals surface area contributed by atoms with Crippen LogP contribution in [0.1, 0.15) is 11.3 Å². The Bertz CT molecular complexity index is 611. The van der Waals surface area contributed by atoms with E-state index in [1.807, 2.05) is 0 Å². The Kier molecular flexibility index (Phi) is 4.26. The van der Waals surface area contributed by atoms with Gasteiger partial charge in [-0.3, -0.25) is 10.1 Å². The first-order chi connectivity index (χ1) is 9.60. The number of nitrogens with zero attached hydrogens (tertiary/aromatic N) is 4. The lowest BCUT2D eigenvalue weighted by atomic mass is 10.2. The average Bonchev–Trinajstić information content (AvgIpc) is 2.86. The summed E-state index contributed by atoms with van der Waals surface area (Å²) in [6.07, 6.45) is 1.71. The zero-order valence-corrected chi connectivity index (χ0v) is 11.0. The Morgan fingerprint density at radius 3 is 3.00 bits per heavy atom. The number of anilines is 1. The fourth-order valence-corrected chi connectivity index (χ4v) is 1.74. The number of aliphatic hydroxyl groups is 1. The lowest BCUT2D eigenvalue weighted by molar-refractivity contribution is -0.385. The Morgan fingerprint density at radius 2 is 2.30 bits per heavy atom. The smallest absolute Gasteiger partial charge is 0.274 e. The van der Waals surface area contributed by atoms with Gasteiger partial charge in [0.2, 0.25) is 0 Å². The predicted molar refractivity (Wildman–Crippen MR) is 72.3 cm³/mol. The molecule has 0 aliphatic heterocycles. The Balaban J connectivity index is 2.03. The highest BCUT2D eigenvalue weighted by Gasteiger charge is 2.11. The molecule has 106 valence electrons. The van der Waals surface area contributed by atoms with E-state index in [-0.39, 0.29) is 12.3 Å². The van der Waals surface area contributed by atoms with Crippen molar-refractivity contribution < 1.29 is 10.0 Å². The Morgan fingerprint density at radius 1 is 1.50 bits per heavy atom. The Hall–Kier alpha value is -2.48. The second-order valence-corrected chi connectivity index (χ2v) is 4.31. The molecule has 2 N–H and O–H groups in total. The minimum atomic E-state index is -0.405. The fraction of sp³-hybridized carbons (Fsp3) is 0.333. The second-order valence-electron chi connectivity index (χ2n) is 4.31. The minimum absolute atomic E-state index is 0.000382. The maximum absolute atomic E-state index is 10.9.